The lowest BCUT2D eigenvalue weighted by molar-refractivity contribution is -0.141. The number of alkyl halides is 7. The van der Waals surface area contributed by atoms with Gasteiger partial charge in [0.1, 0.15) is 0 Å². The highest BCUT2D eigenvalue weighted by Gasteiger charge is 2.39. The van der Waals surface area contributed by atoms with E-state index in [1.807, 2.05) is 0 Å². The Kier molecular flexibility index (Phi) is 7.23. The van der Waals surface area contributed by atoms with Gasteiger partial charge in [0.05, 0.1) is 13.5 Å². The van der Waals surface area contributed by atoms with Gasteiger partial charge in [-0.05, 0) is 0 Å². The van der Waals surface area contributed by atoms with Crippen molar-refractivity contribution in [2.45, 2.75) is 29.4 Å². The summed E-state index contributed by atoms with van der Waals surface area (Å²) in [6.45, 7) is 0. The normalized spacial score (nSPS) is 16.2. The highest BCUT2D eigenvalue weighted by atomic mass is 35.5. The van der Waals surface area contributed by atoms with Crippen molar-refractivity contribution in [3.8, 4) is 0 Å². The number of methoxy groups -OCH3 is 1. The summed E-state index contributed by atoms with van der Waals surface area (Å²) in [6.07, 6.45) is -10.4. The van der Waals surface area contributed by atoms with Crippen LogP contribution in [0.5, 0.6) is 0 Å². The predicted octanol–water partition coefficient (Wildman–Crippen LogP) is 4.29. The molecule has 0 N–H and O–H groups in total. The van der Waals surface area contributed by atoms with Crippen molar-refractivity contribution in [2.24, 2.45) is 0 Å². The van der Waals surface area contributed by atoms with Crippen LogP contribution in [0.1, 0.15) is 12.8 Å². The van der Waals surface area contributed by atoms with Gasteiger partial charge in [0.25, 0.3) is 0 Å². The lowest BCUT2D eigenvalue weighted by Gasteiger charge is -2.22. The summed E-state index contributed by atoms with van der Waals surface area (Å²) in [5.74, 6) is -1.67. The fraction of sp³-hybridized carbons (Fsp3) is 0.700. The maximum absolute atomic E-state index is 12.0. The summed E-state index contributed by atoms with van der Waals surface area (Å²) < 4.78 is 74.0. The maximum Gasteiger partial charge on any atom is 0.409 e. The monoisotopic (exact) mass is 344 g/mol. The molecule has 0 heterocycles. The minimum Gasteiger partial charge on any atom is -0.467 e. The van der Waals surface area contributed by atoms with Gasteiger partial charge in [-0.2, -0.15) is 26.3 Å². The van der Waals surface area contributed by atoms with Crippen LogP contribution >= 0.6 is 23.4 Å². The van der Waals surface area contributed by atoms with Crippen LogP contribution in [0.2, 0.25) is 0 Å². The average molecular weight is 345 g/mol. The topological polar surface area (TPSA) is 26.3 Å². The van der Waals surface area contributed by atoms with Crippen molar-refractivity contribution in [1.82, 2.24) is 0 Å². The molecular formula is C10H11ClF6O2S. The largest absolute Gasteiger partial charge is 0.467 e. The molecule has 20 heavy (non-hydrogen) atoms. The first-order valence-corrected chi connectivity index (χ1v) is 6.48. The van der Waals surface area contributed by atoms with Crippen molar-refractivity contribution < 1.29 is 35.9 Å². The van der Waals surface area contributed by atoms with Crippen LogP contribution in [0.15, 0.2) is 12.2 Å². The molecule has 0 radical (unpaired) electrons. The summed E-state index contributed by atoms with van der Waals surface area (Å²) >= 11 is 6.14. The van der Waals surface area contributed by atoms with Crippen LogP contribution in [0, 0.1) is 0 Å². The van der Waals surface area contributed by atoms with Gasteiger partial charge < -0.3 is 4.74 Å². The summed E-state index contributed by atoms with van der Waals surface area (Å²) in [5, 5.41) is 0. The average Bonchev–Trinajstić information content (AvgIpc) is 2.24. The highest BCUT2D eigenvalue weighted by Crippen LogP contribution is 2.38. The Bertz CT molecular complexity index is 355. The predicted molar refractivity (Wildman–Crippen MR) is 63.5 cm³/mol. The number of hydrogen-bond donors (Lipinski definition) is 0. The van der Waals surface area contributed by atoms with E-state index in [2.05, 4.69) is 4.74 Å². The first kappa shape index (κ1) is 19.4. The van der Waals surface area contributed by atoms with Gasteiger partial charge in [-0.15, -0.1) is 11.8 Å². The first-order chi connectivity index (χ1) is 8.90. The van der Waals surface area contributed by atoms with Gasteiger partial charge in [0.2, 0.25) is 0 Å². The van der Waals surface area contributed by atoms with Crippen LogP contribution in [0.25, 0.3) is 0 Å². The zero-order chi connectivity index (χ0) is 16.0. The van der Waals surface area contributed by atoms with E-state index in [0.29, 0.717) is 17.8 Å². The van der Waals surface area contributed by atoms with Crippen molar-refractivity contribution in [1.29, 1.82) is 0 Å². The van der Waals surface area contributed by atoms with Crippen molar-refractivity contribution >= 4 is 29.3 Å². The standard InChI is InChI=1S/C10H11ClF6O2S/c1-19-7(18)8(11,3-2-4-9(12,13)14)20-6-5-10(15,16)17/h2,4H,3,5-6H2,1H3. The number of thioether (sulfide) groups is 1. The highest BCUT2D eigenvalue weighted by molar-refractivity contribution is 8.02. The third kappa shape index (κ3) is 8.57. The second kappa shape index (κ2) is 7.44. The van der Waals surface area contributed by atoms with Gasteiger partial charge in [-0.25, -0.2) is 4.79 Å². The molecule has 1 atom stereocenters. The Hall–Kier alpha value is -0.570. The van der Waals surface area contributed by atoms with Crippen molar-refractivity contribution in [3.63, 3.8) is 0 Å². The Morgan fingerprint density at radius 1 is 1.25 bits per heavy atom. The number of ether oxygens (including phenoxy) is 1. The number of hydrogen-bond acceptors (Lipinski definition) is 3. The quantitative estimate of drug-likeness (QED) is 0.311. The van der Waals surface area contributed by atoms with Gasteiger partial charge in [-0.1, -0.05) is 17.7 Å². The second-order valence-electron chi connectivity index (χ2n) is 3.58. The van der Waals surface area contributed by atoms with Gasteiger partial charge >= 0.3 is 18.3 Å². The van der Waals surface area contributed by atoms with Gasteiger partial charge in [0, 0.05) is 18.2 Å². The molecule has 118 valence electrons. The number of esters is 1. The Balaban J connectivity index is 4.68. The number of carbonyl (C=O) groups is 1. The second-order valence-corrected chi connectivity index (χ2v) is 5.84. The Labute approximate surface area is 120 Å². The number of halogens is 7. The minimum absolute atomic E-state index is 0.141. The van der Waals surface area contributed by atoms with E-state index in [0.717, 1.165) is 7.11 Å². The molecule has 0 saturated heterocycles. The number of allylic oxidation sites excluding steroid dienone is 2. The van der Waals surface area contributed by atoms with E-state index in [1.54, 1.807) is 0 Å². The zero-order valence-electron chi connectivity index (χ0n) is 10.1. The molecular weight excluding hydrogens is 334 g/mol. The van der Waals surface area contributed by atoms with E-state index < -0.39 is 41.1 Å². The van der Waals surface area contributed by atoms with Crippen LogP contribution < -0.4 is 0 Å². The number of carbonyl (C=O) groups excluding carboxylic acids is 1. The molecule has 0 aliphatic heterocycles. The fourth-order valence-electron chi connectivity index (χ4n) is 1.03. The SMILES string of the molecule is COC(=O)C(Cl)(CC=CC(F)(F)F)SCCC(F)(F)F. The molecule has 0 spiro atoms. The van der Waals surface area contributed by atoms with Crippen LogP contribution in [-0.2, 0) is 9.53 Å². The summed E-state index contributed by atoms with van der Waals surface area (Å²) in [4.78, 5) is 11.4. The lowest BCUT2D eigenvalue weighted by atomic mass is 10.2. The fourth-order valence-corrected chi connectivity index (χ4v) is 2.50. The summed E-state index contributed by atoms with van der Waals surface area (Å²) in [5.41, 5.74) is 0. The molecule has 0 aromatic rings. The van der Waals surface area contributed by atoms with E-state index in [-0.39, 0.29) is 6.08 Å². The molecule has 0 rings (SSSR count). The molecule has 0 amide bonds. The summed E-state index contributed by atoms with van der Waals surface area (Å²) in [7, 11) is 0.942. The van der Waals surface area contributed by atoms with Gasteiger partial charge in [0.15, 0.2) is 4.21 Å². The molecule has 0 saturated carbocycles. The first-order valence-electron chi connectivity index (χ1n) is 5.12. The van der Waals surface area contributed by atoms with Crippen LogP contribution in [-0.4, -0.2) is 35.4 Å². The van der Waals surface area contributed by atoms with Crippen LogP contribution in [0.3, 0.4) is 0 Å². The smallest absolute Gasteiger partial charge is 0.409 e. The van der Waals surface area contributed by atoms with E-state index >= 15 is 0 Å². The molecule has 0 aromatic heterocycles. The molecule has 0 fully saturated rings. The third-order valence-electron chi connectivity index (χ3n) is 1.89. The van der Waals surface area contributed by atoms with Crippen molar-refractivity contribution in [2.75, 3.05) is 12.9 Å². The molecule has 0 aliphatic carbocycles. The van der Waals surface area contributed by atoms with Crippen LogP contribution in [0.4, 0.5) is 26.3 Å². The minimum atomic E-state index is -4.59. The Morgan fingerprint density at radius 2 is 1.80 bits per heavy atom. The molecule has 10 heteroatoms. The third-order valence-corrected chi connectivity index (χ3v) is 3.73. The zero-order valence-corrected chi connectivity index (χ0v) is 11.7. The number of rotatable bonds is 6. The molecule has 1 unspecified atom stereocenters. The van der Waals surface area contributed by atoms with E-state index in [9.17, 15) is 31.1 Å². The van der Waals surface area contributed by atoms with Crippen molar-refractivity contribution in [3.05, 3.63) is 12.2 Å². The molecule has 0 bridgehead atoms. The molecule has 2 nitrogen and oxygen atoms in total. The summed E-state index contributed by atoms with van der Waals surface area (Å²) in [6, 6.07) is 0. The maximum atomic E-state index is 12.0. The van der Waals surface area contributed by atoms with E-state index in [1.165, 1.54) is 0 Å². The van der Waals surface area contributed by atoms with Gasteiger partial charge in [-0.3, -0.25) is 0 Å². The molecule has 0 aromatic carbocycles. The molecule has 0 aliphatic rings. The van der Waals surface area contributed by atoms with E-state index in [4.69, 9.17) is 11.6 Å². The lowest BCUT2D eigenvalue weighted by Crippen LogP contribution is -2.30. The Morgan fingerprint density at radius 3 is 2.20 bits per heavy atom.